The Kier molecular flexibility index (Phi) is 3.81. The van der Waals surface area contributed by atoms with E-state index in [1.54, 1.807) is 11.3 Å². The molecule has 0 saturated heterocycles. The van der Waals surface area contributed by atoms with Gasteiger partial charge in [0.05, 0.1) is 0 Å². The lowest BCUT2D eigenvalue weighted by Crippen LogP contribution is -2.30. The largest absolute Gasteiger partial charge is 0.324 e. The summed E-state index contributed by atoms with van der Waals surface area (Å²) in [6.07, 6.45) is 6.79. The molecule has 0 aromatic carbocycles. The fourth-order valence-electron chi connectivity index (χ4n) is 2.93. The van der Waals surface area contributed by atoms with Crippen LogP contribution in [0.2, 0.25) is 0 Å². The zero-order chi connectivity index (χ0) is 10.7. The van der Waals surface area contributed by atoms with Gasteiger partial charge >= 0.3 is 0 Å². The third kappa shape index (κ3) is 2.43. The summed E-state index contributed by atoms with van der Waals surface area (Å²) in [4.78, 5) is 0. The van der Waals surface area contributed by atoms with Crippen molar-refractivity contribution in [1.82, 2.24) is 0 Å². The Morgan fingerprint density at radius 3 is 2.93 bits per heavy atom. The second-order valence-electron chi connectivity index (χ2n) is 4.70. The first-order valence-electron chi connectivity index (χ1n) is 6.10. The molecule has 3 atom stereocenters. The Hall–Kier alpha value is -0.340. The van der Waals surface area contributed by atoms with Crippen LogP contribution >= 0.6 is 11.3 Å². The van der Waals surface area contributed by atoms with E-state index in [9.17, 15) is 0 Å². The summed E-state index contributed by atoms with van der Waals surface area (Å²) in [5, 5.41) is 4.35. The molecular weight excluding hydrogens is 202 g/mol. The van der Waals surface area contributed by atoms with E-state index >= 15 is 0 Å². The van der Waals surface area contributed by atoms with Crippen molar-refractivity contribution in [2.45, 2.75) is 45.1 Å². The van der Waals surface area contributed by atoms with Gasteiger partial charge in [-0.25, -0.2) is 0 Å². The van der Waals surface area contributed by atoms with Crippen LogP contribution in [-0.4, -0.2) is 0 Å². The van der Waals surface area contributed by atoms with E-state index in [4.69, 9.17) is 5.73 Å². The summed E-state index contributed by atoms with van der Waals surface area (Å²) in [5.74, 6) is 1.58. The Morgan fingerprint density at radius 1 is 1.47 bits per heavy atom. The molecule has 1 heterocycles. The molecule has 0 radical (unpaired) electrons. The van der Waals surface area contributed by atoms with E-state index in [1.807, 2.05) is 0 Å². The third-order valence-electron chi connectivity index (χ3n) is 3.88. The van der Waals surface area contributed by atoms with Gasteiger partial charge in [-0.05, 0) is 40.6 Å². The molecule has 2 heteroatoms. The lowest BCUT2D eigenvalue weighted by Gasteiger charge is -2.34. The highest BCUT2D eigenvalue weighted by Crippen LogP contribution is 2.39. The van der Waals surface area contributed by atoms with Gasteiger partial charge in [0.25, 0.3) is 0 Å². The highest BCUT2D eigenvalue weighted by molar-refractivity contribution is 7.07. The molecule has 2 rings (SSSR count). The molecule has 1 aliphatic rings. The molecule has 1 aliphatic carbocycles. The Balaban J connectivity index is 2.07. The summed E-state index contributed by atoms with van der Waals surface area (Å²) in [5.41, 5.74) is 7.74. The van der Waals surface area contributed by atoms with Gasteiger partial charge in [0.1, 0.15) is 0 Å². The van der Waals surface area contributed by atoms with Crippen LogP contribution < -0.4 is 5.73 Å². The van der Waals surface area contributed by atoms with Crippen LogP contribution in [0.4, 0.5) is 0 Å². The normalized spacial score (nSPS) is 28.9. The topological polar surface area (TPSA) is 26.0 Å². The van der Waals surface area contributed by atoms with Crippen molar-refractivity contribution in [3.05, 3.63) is 22.4 Å². The maximum Gasteiger partial charge on any atom is 0.0334 e. The standard InChI is InChI=1S/C13H21NS/c1-2-10-5-3-4-6-12(10)13(14)11-7-8-15-9-11/h7-10,12-13H,2-6,14H2,1H3. The molecule has 84 valence electrons. The minimum Gasteiger partial charge on any atom is -0.324 e. The van der Waals surface area contributed by atoms with Crippen molar-refractivity contribution < 1.29 is 0 Å². The van der Waals surface area contributed by atoms with Gasteiger partial charge in [-0.3, -0.25) is 0 Å². The summed E-state index contributed by atoms with van der Waals surface area (Å²) in [6.45, 7) is 2.31. The van der Waals surface area contributed by atoms with Crippen molar-refractivity contribution in [2.24, 2.45) is 17.6 Å². The first-order valence-corrected chi connectivity index (χ1v) is 7.05. The highest BCUT2D eigenvalue weighted by atomic mass is 32.1. The van der Waals surface area contributed by atoms with Crippen LogP contribution in [-0.2, 0) is 0 Å². The fourth-order valence-corrected chi connectivity index (χ4v) is 3.63. The molecular formula is C13H21NS. The third-order valence-corrected chi connectivity index (χ3v) is 4.58. The fraction of sp³-hybridized carbons (Fsp3) is 0.692. The van der Waals surface area contributed by atoms with E-state index in [2.05, 4.69) is 23.8 Å². The summed E-state index contributed by atoms with van der Waals surface area (Å²) < 4.78 is 0. The van der Waals surface area contributed by atoms with Gasteiger partial charge in [0, 0.05) is 6.04 Å². The van der Waals surface area contributed by atoms with Crippen molar-refractivity contribution in [3.8, 4) is 0 Å². The Bertz CT molecular complexity index is 281. The molecule has 1 nitrogen and oxygen atoms in total. The molecule has 1 fully saturated rings. The summed E-state index contributed by atoms with van der Waals surface area (Å²) in [6, 6.07) is 2.47. The second-order valence-corrected chi connectivity index (χ2v) is 5.48. The van der Waals surface area contributed by atoms with Crippen LogP contribution in [0.3, 0.4) is 0 Å². The smallest absolute Gasteiger partial charge is 0.0334 e. The van der Waals surface area contributed by atoms with Crippen LogP contribution in [0.1, 0.15) is 50.6 Å². The van der Waals surface area contributed by atoms with Gasteiger partial charge in [-0.2, -0.15) is 11.3 Å². The van der Waals surface area contributed by atoms with E-state index in [0.29, 0.717) is 0 Å². The van der Waals surface area contributed by atoms with Gasteiger partial charge in [-0.15, -0.1) is 0 Å². The first kappa shape index (κ1) is 11.2. The molecule has 15 heavy (non-hydrogen) atoms. The van der Waals surface area contributed by atoms with Gasteiger partial charge < -0.3 is 5.73 Å². The van der Waals surface area contributed by atoms with Gasteiger partial charge in [0.2, 0.25) is 0 Å². The highest BCUT2D eigenvalue weighted by Gasteiger charge is 2.29. The average molecular weight is 223 g/mol. The number of rotatable bonds is 3. The van der Waals surface area contributed by atoms with Crippen molar-refractivity contribution in [2.75, 3.05) is 0 Å². The zero-order valence-corrected chi connectivity index (χ0v) is 10.3. The van der Waals surface area contributed by atoms with E-state index in [-0.39, 0.29) is 6.04 Å². The number of hydrogen-bond acceptors (Lipinski definition) is 2. The quantitative estimate of drug-likeness (QED) is 0.824. The maximum absolute atomic E-state index is 6.39. The van der Waals surface area contributed by atoms with E-state index < -0.39 is 0 Å². The van der Waals surface area contributed by atoms with Crippen LogP contribution in [0.25, 0.3) is 0 Å². The Morgan fingerprint density at radius 2 is 2.27 bits per heavy atom. The predicted octanol–water partition coefficient (Wildman–Crippen LogP) is 3.96. The number of thiophene rings is 1. The zero-order valence-electron chi connectivity index (χ0n) is 9.49. The minimum absolute atomic E-state index is 0.279. The molecule has 1 aromatic heterocycles. The Labute approximate surface area is 96.7 Å². The average Bonchev–Trinajstić information content (AvgIpc) is 2.81. The van der Waals surface area contributed by atoms with Crippen LogP contribution in [0.15, 0.2) is 16.8 Å². The molecule has 0 amide bonds. The van der Waals surface area contributed by atoms with Crippen molar-refractivity contribution >= 4 is 11.3 Å². The molecule has 0 aliphatic heterocycles. The number of hydrogen-bond donors (Lipinski definition) is 1. The molecule has 0 spiro atoms. The first-order chi connectivity index (χ1) is 7.33. The van der Waals surface area contributed by atoms with Crippen LogP contribution in [0, 0.1) is 11.8 Å². The van der Waals surface area contributed by atoms with E-state index in [0.717, 1.165) is 11.8 Å². The molecule has 1 saturated carbocycles. The maximum atomic E-state index is 6.39. The molecule has 3 unspecified atom stereocenters. The van der Waals surface area contributed by atoms with Gasteiger partial charge in [0.15, 0.2) is 0 Å². The van der Waals surface area contributed by atoms with Crippen molar-refractivity contribution in [1.29, 1.82) is 0 Å². The number of nitrogens with two attached hydrogens (primary N) is 1. The lowest BCUT2D eigenvalue weighted by molar-refractivity contribution is 0.197. The lowest BCUT2D eigenvalue weighted by atomic mass is 9.73. The minimum atomic E-state index is 0.279. The van der Waals surface area contributed by atoms with E-state index in [1.165, 1.54) is 37.7 Å². The van der Waals surface area contributed by atoms with Gasteiger partial charge in [-0.1, -0.05) is 32.6 Å². The summed E-state index contributed by atoms with van der Waals surface area (Å²) in [7, 11) is 0. The van der Waals surface area contributed by atoms with Crippen molar-refractivity contribution in [3.63, 3.8) is 0 Å². The molecule has 2 N–H and O–H groups in total. The predicted molar refractivity (Wildman–Crippen MR) is 67.0 cm³/mol. The molecule has 0 bridgehead atoms. The molecule has 1 aromatic rings. The monoisotopic (exact) mass is 223 g/mol. The SMILES string of the molecule is CCC1CCCCC1C(N)c1ccsc1. The second kappa shape index (κ2) is 5.13. The van der Waals surface area contributed by atoms with Crippen LogP contribution in [0.5, 0.6) is 0 Å². The summed E-state index contributed by atoms with van der Waals surface area (Å²) >= 11 is 1.76.